The summed E-state index contributed by atoms with van der Waals surface area (Å²) >= 11 is 0. The molecule has 5 rings (SSSR count). The first-order chi connectivity index (χ1) is 14.5. The fourth-order valence-corrected chi connectivity index (χ4v) is 5.23. The highest BCUT2D eigenvalue weighted by atomic mass is 16.2. The van der Waals surface area contributed by atoms with Crippen LogP contribution in [0.2, 0.25) is 0 Å². The lowest BCUT2D eigenvalue weighted by Crippen LogP contribution is -2.41. The normalized spacial score (nSPS) is 23.1. The molecule has 1 aromatic carbocycles. The predicted molar refractivity (Wildman–Crippen MR) is 112 cm³/mol. The second-order valence-corrected chi connectivity index (χ2v) is 8.81. The molecule has 156 valence electrons. The van der Waals surface area contributed by atoms with E-state index in [0.717, 1.165) is 48.1 Å². The molecule has 2 atom stereocenters. The van der Waals surface area contributed by atoms with Crippen molar-refractivity contribution < 1.29 is 9.59 Å². The van der Waals surface area contributed by atoms with Gasteiger partial charge < -0.3 is 10.2 Å². The number of amides is 2. The average Bonchev–Trinajstić information content (AvgIpc) is 3.49. The van der Waals surface area contributed by atoms with Crippen LogP contribution in [0.5, 0.6) is 0 Å². The number of nitrogens with one attached hydrogen (secondary N) is 3. The molecular formula is C22H26N6O2. The number of carbonyl (C=O) groups is 2. The van der Waals surface area contributed by atoms with E-state index in [4.69, 9.17) is 0 Å². The minimum Gasteiger partial charge on any atom is -0.351 e. The van der Waals surface area contributed by atoms with Gasteiger partial charge in [0.05, 0.1) is 17.3 Å². The molecule has 0 spiro atoms. The van der Waals surface area contributed by atoms with Crippen molar-refractivity contribution in [3.63, 3.8) is 0 Å². The standard InChI is InChI=1S/C22H26N6O2/c1-13-17-8-15(5-6-19(17)27-26-13)20(29)23-11-22-7-3-4-16(22)10-28(12-22)21(30)18-9-24-25-14(18)2/h5-6,8-9,16H,3-4,7,10-12H2,1-2H3,(H,23,29)(H,24,25)(H,26,27)/t16-,22-/m0/s1. The summed E-state index contributed by atoms with van der Waals surface area (Å²) in [5, 5.41) is 18.1. The maximum absolute atomic E-state index is 13.0. The molecule has 8 heteroatoms. The second kappa shape index (κ2) is 6.97. The van der Waals surface area contributed by atoms with Gasteiger partial charge in [0.2, 0.25) is 0 Å². The summed E-state index contributed by atoms with van der Waals surface area (Å²) in [5.74, 6) is 0.378. The smallest absolute Gasteiger partial charge is 0.257 e. The number of aromatic amines is 2. The number of likely N-dealkylation sites (tertiary alicyclic amines) is 1. The van der Waals surface area contributed by atoms with Crippen molar-refractivity contribution >= 4 is 22.7 Å². The largest absolute Gasteiger partial charge is 0.351 e. The maximum atomic E-state index is 13.0. The van der Waals surface area contributed by atoms with E-state index >= 15 is 0 Å². The van der Waals surface area contributed by atoms with Gasteiger partial charge in [0.25, 0.3) is 11.8 Å². The number of hydrogen-bond donors (Lipinski definition) is 3. The van der Waals surface area contributed by atoms with Gasteiger partial charge in [-0.25, -0.2) is 0 Å². The van der Waals surface area contributed by atoms with Gasteiger partial charge in [0, 0.05) is 47.4 Å². The molecule has 0 radical (unpaired) electrons. The number of benzene rings is 1. The van der Waals surface area contributed by atoms with Crippen LogP contribution in [-0.4, -0.2) is 56.7 Å². The first-order valence-corrected chi connectivity index (χ1v) is 10.5. The third-order valence-corrected chi connectivity index (χ3v) is 7.00. The highest BCUT2D eigenvalue weighted by Gasteiger charge is 2.50. The Morgan fingerprint density at radius 2 is 2.13 bits per heavy atom. The zero-order valence-corrected chi connectivity index (χ0v) is 17.3. The van der Waals surface area contributed by atoms with Crippen LogP contribution in [0.3, 0.4) is 0 Å². The molecule has 3 heterocycles. The fraction of sp³-hybridized carbons (Fsp3) is 0.455. The molecule has 3 N–H and O–H groups in total. The highest BCUT2D eigenvalue weighted by Crippen LogP contribution is 2.48. The topological polar surface area (TPSA) is 107 Å². The van der Waals surface area contributed by atoms with Crippen molar-refractivity contribution in [1.82, 2.24) is 30.6 Å². The molecule has 1 aliphatic carbocycles. The molecule has 1 saturated carbocycles. The third kappa shape index (κ3) is 2.98. The van der Waals surface area contributed by atoms with E-state index in [1.54, 1.807) is 6.20 Å². The van der Waals surface area contributed by atoms with Crippen molar-refractivity contribution in [2.24, 2.45) is 11.3 Å². The monoisotopic (exact) mass is 406 g/mol. The lowest BCUT2D eigenvalue weighted by Gasteiger charge is -2.29. The number of nitrogens with zero attached hydrogens (tertiary/aromatic N) is 3. The molecular weight excluding hydrogens is 380 g/mol. The van der Waals surface area contributed by atoms with Gasteiger partial charge >= 0.3 is 0 Å². The van der Waals surface area contributed by atoms with Crippen LogP contribution in [0.4, 0.5) is 0 Å². The Morgan fingerprint density at radius 3 is 2.93 bits per heavy atom. The van der Waals surface area contributed by atoms with Gasteiger partial charge in [-0.15, -0.1) is 0 Å². The van der Waals surface area contributed by atoms with Gasteiger partial charge in [-0.05, 0) is 50.8 Å². The first kappa shape index (κ1) is 18.8. The SMILES string of the molecule is Cc1[nH]ncc1C(=O)N1C[C@@H]2CCC[C@]2(CNC(=O)c2ccc3n[nH]c(C)c3c2)C1. The molecule has 2 amide bonds. The first-order valence-electron chi connectivity index (χ1n) is 10.5. The van der Waals surface area contributed by atoms with Crippen molar-refractivity contribution in [2.75, 3.05) is 19.6 Å². The minimum absolute atomic E-state index is 0.0298. The number of rotatable bonds is 4. The Kier molecular flexibility index (Phi) is 4.38. The Hall–Kier alpha value is -3.16. The number of hydrogen-bond acceptors (Lipinski definition) is 4. The van der Waals surface area contributed by atoms with Crippen molar-refractivity contribution in [1.29, 1.82) is 0 Å². The van der Waals surface area contributed by atoms with Crippen LogP contribution in [0.1, 0.15) is 51.4 Å². The summed E-state index contributed by atoms with van der Waals surface area (Å²) in [4.78, 5) is 27.8. The number of aromatic nitrogens is 4. The Bertz CT molecular complexity index is 1130. The second-order valence-electron chi connectivity index (χ2n) is 8.81. The van der Waals surface area contributed by atoms with E-state index in [9.17, 15) is 9.59 Å². The molecule has 30 heavy (non-hydrogen) atoms. The van der Waals surface area contributed by atoms with Crippen LogP contribution >= 0.6 is 0 Å². The zero-order valence-electron chi connectivity index (χ0n) is 17.3. The van der Waals surface area contributed by atoms with Crippen LogP contribution < -0.4 is 5.32 Å². The van der Waals surface area contributed by atoms with E-state index in [1.165, 1.54) is 0 Å². The number of H-pyrrole nitrogens is 2. The summed E-state index contributed by atoms with van der Waals surface area (Å²) in [6.07, 6.45) is 4.89. The minimum atomic E-state index is -0.0759. The number of aryl methyl sites for hydroxylation is 2. The molecule has 2 aromatic heterocycles. The molecule has 0 unspecified atom stereocenters. The van der Waals surface area contributed by atoms with E-state index in [0.29, 0.717) is 30.1 Å². The summed E-state index contributed by atoms with van der Waals surface area (Å²) < 4.78 is 0. The van der Waals surface area contributed by atoms with E-state index < -0.39 is 0 Å². The lowest BCUT2D eigenvalue weighted by molar-refractivity contribution is 0.0766. The van der Waals surface area contributed by atoms with E-state index in [-0.39, 0.29) is 17.2 Å². The Balaban J connectivity index is 1.30. The number of fused-ring (bicyclic) bond motifs is 2. The van der Waals surface area contributed by atoms with Crippen LogP contribution in [0, 0.1) is 25.2 Å². The third-order valence-electron chi connectivity index (χ3n) is 7.00. The van der Waals surface area contributed by atoms with Crippen molar-refractivity contribution in [3.05, 3.63) is 46.9 Å². The van der Waals surface area contributed by atoms with Crippen LogP contribution in [0.15, 0.2) is 24.4 Å². The fourth-order valence-electron chi connectivity index (χ4n) is 5.23. The molecule has 8 nitrogen and oxygen atoms in total. The van der Waals surface area contributed by atoms with Crippen LogP contribution in [-0.2, 0) is 0 Å². The van der Waals surface area contributed by atoms with Crippen molar-refractivity contribution in [3.8, 4) is 0 Å². The molecule has 1 saturated heterocycles. The molecule has 2 fully saturated rings. The van der Waals surface area contributed by atoms with E-state index in [2.05, 4.69) is 25.7 Å². The highest BCUT2D eigenvalue weighted by molar-refractivity contribution is 5.98. The Morgan fingerprint density at radius 1 is 1.27 bits per heavy atom. The van der Waals surface area contributed by atoms with Crippen LogP contribution in [0.25, 0.3) is 10.9 Å². The quantitative estimate of drug-likeness (QED) is 0.619. The zero-order chi connectivity index (χ0) is 20.9. The van der Waals surface area contributed by atoms with Gasteiger partial charge in [0.15, 0.2) is 0 Å². The molecule has 0 bridgehead atoms. The van der Waals surface area contributed by atoms with Gasteiger partial charge in [-0.1, -0.05) is 6.42 Å². The summed E-state index contributed by atoms with van der Waals surface area (Å²) in [5.41, 5.74) is 3.84. The van der Waals surface area contributed by atoms with Crippen molar-refractivity contribution in [2.45, 2.75) is 33.1 Å². The van der Waals surface area contributed by atoms with Gasteiger partial charge in [-0.3, -0.25) is 19.8 Å². The maximum Gasteiger partial charge on any atom is 0.257 e. The summed E-state index contributed by atoms with van der Waals surface area (Å²) in [6.45, 7) is 5.84. The lowest BCUT2D eigenvalue weighted by atomic mass is 9.80. The predicted octanol–water partition coefficient (Wildman–Crippen LogP) is 2.58. The average molecular weight is 406 g/mol. The summed E-state index contributed by atoms with van der Waals surface area (Å²) in [6, 6.07) is 5.57. The van der Waals surface area contributed by atoms with Gasteiger partial charge in [0.1, 0.15) is 0 Å². The molecule has 3 aromatic rings. The van der Waals surface area contributed by atoms with E-state index in [1.807, 2.05) is 36.9 Å². The molecule has 1 aliphatic heterocycles. The number of carbonyl (C=O) groups excluding carboxylic acids is 2. The van der Waals surface area contributed by atoms with Gasteiger partial charge in [-0.2, -0.15) is 10.2 Å². The molecule has 2 aliphatic rings. The summed E-state index contributed by atoms with van der Waals surface area (Å²) in [7, 11) is 0. The Labute approximate surface area is 174 Å².